The molecule has 0 saturated heterocycles. The molecule has 2 rings (SSSR count). The topological polar surface area (TPSA) is 51.0 Å². The molecule has 96 valence electrons. The number of benzene rings is 1. The number of aromatic nitrogens is 2. The first-order valence-corrected chi connectivity index (χ1v) is 6.36. The van der Waals surface area contributed by atoms with Crippen LogP contribution in [-0.4, -0.2) is 22.7 Å². The van der Waals surface area contributed by atoms with Crippen molar-refractivity contribution >= 4 is 0 Å². The van der Waals surface area contributed by atoms with Crippen LogP contribution in [0.5, 0.6) is 0 Å². The van der Waals surface area contributed by atoms with Crippen molar-refractivity contribution < 1.29 is 4.52 Å². The molecule has 0 saturated carbocycles. The molecule has 1 N–H and O–H groups in total. The average Bonchev–Trinajstić information content (AvgIpc) is 2.78. The second-order valence-electron chi connectivity index (χ2n) is 4.43. The van der Waals surface area contributed by atoms with Gasteiger partial charge in [0.05, 0.1) is 0 Å². The molecule has 1 atom stereocenters. The van der Waals surface area contributed by atoms with Crippen molar-refractivity contribution in [1.29, 1.82) is 0 Å². The van der Waals surface area contributed by atoms with E-state index in [9.17, 15) is 0 Å². The maximum absolute atomic E-state index is 5.25. The molecule has 0 fully saturated rings. The van der Waals surface area contributed by atoms with Gasteiger partial charge in [0.1, 0.15) is 0 Å². The Morgan fingerprint density at radius 1 is 1.28 bits per heavy atom. The summed E-state index contributed by atoms with van der Waals surface area (Å²) in [5, 5.41) is 7.34. The molecular formula is C14H19N3O. The Morgan fingerprint density at radius 3 is 2.78 bits per heavy atom. The highest BCUT2D eigenvalue weighted by Gasteiger charge is 2.10. The molecular weight excluding hydrogens is 226 g/mol. The maximum Gasteiger partial charge on any atom is 0.228 e. The van der Waals surface area contributed by atoms with Gasteiger partial charge in [-0.15, -0.1) is 0 Å². The van der Waals surface area contributed by atoms with Gasteiger partial charge in [-0.2, -0.15) is 4.98 Å². The minimum Gasteiger partial charge on any atom is -0.339 e. The number of hydrogen-bond acceptors (Lipinski definition) is 4. The lowest BCUT2D eigenvalue weighted by atomic mass is 10.1. The highest BCUT2D eigenvalue weighted by Crippen LogP contribution is 2.07. The Morgan fingerprint density at radius 2 is 2.06 bits per heavy atom. The molecule has 1 aromatic carbocycles. The Kier molecular flexibility index (Phi) is 4.47. The van der Waals surface area contributed by atoms with E-state index in [2.05, 4.69) is 41.4 Å². The Bertz CT molecular complexity index is 467. The van der Waals surface area contributed by atoms with Crippen LogP contribution in [0.3, 0.4) is 0 Å². The van der Waals surface area contributed by atoms with Gasteiger partial charge < -0.3 is 9.84 Å². The third-order valence-corrected chi connectivity index (χ3v) is 2.75. The Labute approximate surface area is 107 Å². The number of hydrogen-bond donors (Lipinski definition) is 1. The Hall–Kier alpha value is -1.68. The highest BCUT2D eigenvalue weighted by molar-refractivity contribution is 5.18. The maximum atomic E-state index is 5.25. The van der Waals surface area contributed by atoms with E-state index in [1.54, 1.807) is 0 Å². The van der Waals surface area contributed by atoms with E-state index >= 15 is 0 Å². The molecule has 0 aliphatic heterocycles. The fourth-order valence-electron chi connectivity index (χ4n) is 1.91. The molecule has 0 aliphatic rings. The van der Waals surface area contributed by atoms with Gasteiger partial charge in [0.2, 0.25) is 5.89 Å². The normalized spacial score (nSPS) is 12.6. The molecule has 4 heteroatoms. The van der Waals surface area contributed by atoms with Crippen molar-refractivity contribution in [3.8, 4) is 0 Å². The third-order valence-electron chi connectivity index (χ3n) is 2.75. The summed E-state index contributed by atoms with van der Waals surface area (Å²) in [5.41, 5.74) is 1.20. The number of rotatable bonds is 6. The summed E-state index contributed by atoms with van der Waals surface area (Å²) in [6, 6.07) is 10.5. The van der Waals surface area contributed by atoms with E-state index in [4.69, 9.17) is 4.52 Å². The largest absolute Gasteiger partial charge is 0.339 e. The molecule has 1 unspecified atom stereocenters. The van der Waals surface area contributed by atoms with Gasteiger partial charge in [0.15, 0.2) is 5.82 Å². The lowest BCUT2D eigenvalue weighted by Crippen LogP contribution is -2.27. The molecule has 0 spiro atoms. The van der Waals surface area contributed by atoms with Gasteiger partial charge in [-0.3, -0.25) is 0 Å². The van der Waals surface area contributed by atoms with Gasteiger partial charge >= 0.3 is 0 Å². The highest BCUT2D eigenvalue weighted by atomic mass is 16.5. The fourth-order valence-corrected chi connectivity index (χ4v) is 1.91. The van der Waals surface area contributed by atoms with Gasteiger partial charge in [-0.25, -0.2) is 0 Å². The number of likely N-dealkylation sites (N-methyl/N-ethyl adjacent to an activating group) is 1. The first-order chi connectivity index (χ1) is 8.78. The third kappa shape index (κ3) is 3.67. The van der Waals surface area contributed by atoms with Crippen LogP contribution in [0.4, 0.5) is 0 Å². The van der Waals surface area contributed by atoms with Gasteiger partial charge in [0.25, 0.3) is 0 Å². The summed E-state index contributed by atoms with van der Waals surface area (Å²) in [4.78, 5) is 4.41. The van der Waals surface area contributed by atoms with Crippen molar-refractivity contribution in [3.05, 3.63) is 47.6 Å². The summed E-state index contributed by atoms with van der Waals surface area (Å²) in [6.45, 7) is 5.15. The van der Waals surface area contributed by atoms with E-state index in [1.165, 1.54) is 5.56 Å². The smallest absolute Gasteiger partial charge is 0.228 e. The summed E-state index contributed by atoms with van der Waals surface area (Å²) >= 11 is 0. The molecule has 1 heterocycles. The number of nitrogens with one attached hydrogen (secondary N) is 1. The molecule has 2 aromatic rings. The second kappa shape index (κ2) is 6.31. The molecule has 1 aromatic heterocycles. The van der Waals surface area contributed by atoms with Crippen LogP contribution in [-0.2, 0) is 12.8 Å². The van der Waals surface area contributed by atoms with Gasteiger partial charge in [-0.1, -0.05) is 42.4 Å². The van der Waals surface area contributed by atoms with Crippen LogP contribution < -0.4 is 5.32 Å². The lowest BCUT2D eigenvalue weighted by Gasteiger charge is -2.07. The monoisotopic (exact) mass is 245 g/mol. The summed E-state index contributed by atoms with van der Waals surface area (Å²) < 4.78 is 5.25. The zero-order valence-electron chi connectivity index (χ0n) is 10.9. The van der Waals surface area contributed by atoms with Gasteiger partial charge in [-0.05, 0) is 19.0 Å². The fraction of sp³-hybridized carbons (Fsp3) is 0.429. The summed E-state index contributed by atoms with van der Waals surface area (Å²) in [7, 11) is 0. The lowest BCUT2D eigenvalue weighted by molar-refractivity contribution is 0.359. The molecule has 0 amide bonds. The van der Waals surface area contributed by atoms with E-state index in [1.807, 2.05) is 18.2 Å². The second-order valence-corrected chi connectivity index (χ2v) is 4.43. The molecule has 0 aliphatic carbocycles. The predicted octanol–water partition coefficient (Wildman–Crippen LogP) is 2.20. The average molecular weight is 245 g/mol. The van der Waals surface area contributed by atoms with Crippen LogP contribution in [0.2, 0.25) is 0 Å². The minimum absolute atomic E-state index is 0.361. The first kappa shape index (κ1) is 12.8. The van der Waals surface area contributed by atoms with Crippen LogP contribution in [0.25, 0.3) is 0 Å². The summed E-state index contributed by atoms with van der Waals surface area (Å²) in [5.74, 6) is 1.45. The van der Waals surface area contributed by atoms with Crippen molar-refractivity contribution in [2.24, 2.45) is 0 Å². The van der Waals surface area contributed by atoms with Crippen molar-refractivity contribution in [2.75, 3.05) is 6.54 Å². The molecule has 18 heavy (non-hydrogen) atoms. The summed E-state index contributed by atoms with van der Waals surface area (Å²) in [6.07, 6.45) is 1.50. The van der Waals surface area contributed by atoms with Crippen molar-refractivity contribution in [3.63, 3.8) is 0 Å². The zero-order valence-corrected chi connectivity index (χ0v) is 10.9. The van der Waals surface area contributed by atoms with Crippen molar-refractivity contribution in [2.45, 2.75) is 32.7 Å². The first-order valence-electron chi connectivity index (χ1n) is 6.36. The minimum atomic E-state index is 0.361. The van der Waals surface area contributed by atoms with E-state index in [0.29, 0.717) is 11.9 Å². The van der Waals surface area contributed by atoms with E-state index in [0.717, 1.165) is 25.2 Å². The van der Waals surface area contributed by atoms with Gasteiger partial charge in [0, 0.05) is 18.9 Å². The van der Waals surface area contributed by atoms with E-state index in [-0.39, 0.29) is 0 Å². The predicted molar refractivity (Wildman–Crippen MR) is 70.4 cm³/mol. The van der Waals surface area contributed by atoms with E-state index < -0.39 is 0 Å². The molecule has 0 radical (unpaired) electrons. The number of nitrogens with zero attached hydrogens (tertiary/aromatic N) is 2. The SMILES string of the molecule is CCNC(C)Cc1nc(Cc2ccccc2)no1. The quantitative estimate of drug-likeness (QED) is 0.847. The standard InChI is InChI=1S/C14H19N3O/c1-3-15-11(2)9-14-16-13(17-18-14)10-12-7-5-4-6-8-12/h4-8,11,15H,3,9-10H2,1-2H3. The Balaban J connectivity index is 1.94. The van der Waals surface area contributed by atoms with Crippen LogP contribution in [0.1, 0.15) is 31.1 Å². The van der Waals surface area contributed by atoms with Crippen LogP contribution >= 0.6 is 0 Å². The van der Waals surface area contributed by atoms with Crippen molar-refractivity contribution in [1.82, 2.24) is 15.5 Å². The molecule has 0 bridgehead atoms. The van der Waals surface area contributed by atoms with Crippen LogP contribution in [0.15, 0.2) is 34.9 Å². The van der Waals surface area contributed by atoms with Crippen LogP contribution in [0, 0.1) is 0 Å². The zero-order chi connectivity index (χ0) is 12.8. The molecule has 4 nitrogen and oxygen atoms in total.